The minimum atomic E-state index is -0.886. The largest absolute Gasteiger partial charge is 0.341 e. The van der Waals surface area contributed by atoms with E-state index >= 15 is 0 Å². The summed E-state index contributed by atoms with van der Waals surface area (Å²) in [5.74, 6) is -1.05. The Hall–Kier alpha value is -3.48. The van der Waals surface area contributed by atoms with Crippen molar-refractivity contribution in [2.24, 2.45) is 0 Å². The number of rotatable bonds is 5. The minimum absolute atomic E-state index is 0.0801. The summed E-state index contributed by atoms with van der Waals surface area (Å²) in [5, 5.41) is 0. The zero-order chi connectivity index (χ0) is 22.7. The molecule has 166 valence electrons. The van der Waals surface area contributed by atoms with Crippen LogP contribution in [0.25, 0.3) is 0 Å². The van der Waals surface area contributed by atoms with E-state index < -0.39 is 17.9 Å². The number of carbonyl (C=O) groups excluding carboxylic acids is 4. The zero-order valence-electron chi connectivity index (χ0n) is 18.2. The van der Waals surface area contributed by atoms with Crippen molar-refractivity contribution in [3.63, 3.8) is 0 Å². The standard InChI is InChI=1S/C25H27N3O4/c1-18(28-24(31)20-10-5-6-11-21(20)25(28)32)23(30)27-15-7-14-26(16-17-27)22(29)13-12-19-8-3-2-4-9-19/h2-6,8-11,18H,7,12-17H2,1H3. The van der Waals surface area contributed by atoms with Gasteiger partial charge in [0.25, 0.3) is 11.8 Å². The number of carbonyl (C=O) groups is 4. The molecule has 2 aromatic rings. The van der Waals surface area contributed by atoms with Crippen LogP contribution in [-0.4, -0.2) is 70.5 Å². The Labute approximate surface area is 187 Å². The van der Waals surface area contributed by atoms with Gasteiger partial charge in [-0.1, -0.05) is 42.5 Å². The molecule has 4 rings (SSSR count). The Morgan fingerprint density at radius 3 is 2.03 bits per heavy atom. The maximum atomic E-state index is 13.1. The molecule has 1 fully saturated rings. The molecule has 0 aromatic heterocycles. The van der Waals surface area contributed by atoms with Crippen molar-refractivity contribution in [3.8, 4) is 0 Å². The van der Waals surface area contributed by atoms with Crippen molar-refractivity contribution in [2.45, 2.75) is 32.2 Å². The molecule has 4 amide bonds. The zero-order valence-corrected chi connectivity index (χ0v) is 18.2. The van der Waals surface area contributed by atoms with Crippen LogP contribution in [0, 0.1) is 0 Å². The van der Waals surface area contributed by atoms with Gasteiger partial charge in [-0.3, -0.25) is 24.1 Å². The number of hydrogen-bond donors (Lipinski definition) is 0. The van der Waals surface area contributed by atoms with Gasteiger partial charge in [-0.05, 0) is 37.5 Å². The minimum Gasteiger partial charge on any atom is -0.341 e. The maximum absolute atomic E-state index is 13.1. The average Bonchev–Trinajstić information content (AvgIpc) is 2.98. The number of aryl methyl sites for hydroxylation is 1. The van der Waals surface area contributed by atoms with E-state index in [-0.39, 0.29) is 11.8 Å². The highest BCUT2D eigenvalue weighted by Crippen LogP contribution is 2.25. The molecule has 1 unspecified atom stereocenters. The first kappa shape index (κ1) is 21.7. The van der Waals surface area contributed by atoms with Crippen molar-refractivity contribution < 1.29 is 19.2 Å². The summed E-state index contributed by atoms with van der Waals surface area (Å²) in [7, 11) is 0. The number of benzene rings is 2. The Kier molecular flexibility index (Phi) is 6.35. The molecule has 0 radical (unpaired) electrons. The molecule has 0 aliphatic carbocycles. The fourth-order valence-electron chi connectivity index (χ4n) is 4.38. The maximum Gasteiger partial charge on any atom is 0.262 e. The van der Waals surface area contributed by atoms with Crippen LogP contribution in [0.3, 0.4) is 0 Å². The van der Waals surface area contributed by atoms with Crippen molar-refractivity contribution in [2.75, 3.05) is 26.2 Å². The van der Waals surface area contributed by atoms with Crippen LogP contribution in [0.4, 0.5) is 0 Å². The molecular formula is C25H27N3O4. The molecule has 0 N–H and O–H groups in total. The molecule has 0 bridgehead atoms. The molecule has 7 nitrogen and oxygen atoms in total. The molecule has 7 heteroatoms. The van der Waals surface area contributed by atoms with E-state index in [2.05, 4.69) is 0 Å². The highest BCUT2D eigenvalue weighted by Gasteiger charge is 2.41. The summed E-state index contributed by atoms with van der Waals surface area (Å²) in [6.07, 6.45) is 1.79. The third kappa shape index (κ3) is 4.28. The lowest BCUT2D eigenvalue weighted by molar-refractivity contribution is -0.135. The smallest absolute Gasteiger partial charge is 0.262 e. The fourth-order valence-corrected chi connectivity index (χ4v) is 4.38. The molecule has 2 aliphatic rings. The Morgan fingerprint density at radius 2 is 1.38 bits per heavy atom. The molecule has 2 aliphatic heterocycles. The number of amides is 4. The molecule has 0 saturated carbocycles. The second kappa shape index (κ2) is 9.34. The van der Waals surface area contributed by atoms with Gasteiger partial charge in [-0.2, -0.15) is 0 Å². The monoisotopic (exact) mass is 433 g/mol. The molecule has 1 saturated heterocycles. The van der Waals surface area contributed by atoms with E-state index in [4.69, 9.17) is 0 Å². The quantitative estimate of drug-likeness (QED) is 0.679. The second-order valence-corrected chi connectivity index (χ2v) is 8.25. The van der Waals surface area contributed by atoms with Crippen LogP contribution < -0.4 is 0 Å². The fraction of sp³-hybridized carbons (Fsp3) is 0.360. The lowest BCUT2D eigenvalue weighted by Gasteiger charge is -2.28. The van der Waals surface area contributed by atoms with E-state index in [0.717, 1.165) is 10.5 Å². The summed E-state index contributed by atoms with van der Waals surface area (Å²) in [6, 6.07) is 15.6. The predicted octanol–water partition coefficient (Wildman–Crippen LogP) is 2.36. The molecular weight excluding hydrogens is 406 g/mol. The first-order chi connectivity index (χ1) is 15.5. The molecule has 32 heavy (non-hydrogen) atoms. The van der Waals surface area contributed by atoms with Gasteiger partial charge in [0.15, 0.2) is 0 Å². The third-order valence-corrected chi connectivity index (χ3v) is 6.20. The van der Waals surface area contributed by atoms with Gasteiger partial charge in [0.1, 0.15) is 6.04 Å². The van der Waals surface area contributed by atoms with E-state index in [9.17, 15) is 19.2 Å². The topological polar surface area (TPSA) is 78.0 Å². The lowest BCUT2D eigenvalue weighted by Crippen LogP contribution is -2.50. The summed E-state index contributed by atoms with van der Waals surface area (Å²) in [6.45, 7) is 3.53. The van der Waals surface area contributed by atoms with Crippen molar-refractivity contribution in [3.05, 3.63) is 71.3 Å². The van der Waals surface area contributed by atoms with Gasteiger partial charge in [0.2, 0.25) is 11.8 Å². The van der Waals surface area contributed by atoms with Gasteiger partial charge >= 0.3 is 0 Å². The molecule has 2 aromatic carbocycles. The van der Waals surface area contributed by atoms with Gasteiger partial charge in [0, 0.05) is 32.6 Å². The number of fused-ring (bicyclic) bond motifs is 1. The van der Waals surface area contributed by atoms with Gasteiger partial charge in [-0.25, -0.2) is 0 Å². The Bertz CT molecular complexity index is 1000. The summed E-state index contributed by atoms with van der Waals surface area (Å²) in [5.41, 5.74) is 1.80. The number of hydrogen-bond acceptors (Lipinski definition) is 4. The number of imide groups is 1. The first-order valence-corrected chi connectivity index (χ1v) is 11.0. The normalized spacial score (nSPS) is 17.2. The highest BCUT2D eigenvalue weighted by atomic mass is 16.2. The first-order valence-electron chi connectivity index (χ1n) is 11.0. The Morgan fingerprint density at radius 1 is 0.812 bits per heavy atom. The van der Waals surface area contributed by atoms with Crippen LogP contribution in [0.1, 0.15) is 46.0 Å². The van der Waals surface area contributed by atoms with Gasteiger partial charge < -0.3 is 9.80 Å². The highest BCUT2D eigenvalue weighted by molar-refractivity contribution is 6.22. The van der Waals surface area contributed by atoms with Crippen molar-refractivity contribution in [1.29, 1.82) is 0 Å². The SMILES string of the molecule is CC(C(=O)N1CCCN(C(=O)CCc2ccccc2)CC1)N1C(=O)c2ccccc2C1=O. The summed E-state index contributed by atoms with van der Waals surface area (Å²) in [4.78, 5) is 55.8. The van der Waals surface area contributed by atoms with Crippen molar-refractivity contribution in [1.82, 2.24) is 14.7 Å². The van der Waals surface area contributed by atoms with Gasteiger partial charge in [0.05, 0.1) is 11.1 Å². The molecule has 0 spiro atoms. The number of nitrogens with zero attached hydrogens (tertiary/aromatic N) is 3. The summed E-state index contributed by atoms with van der Waals surface area (Å²) >= 11 is 0. The van der Waals surface area contributed by atoms with Crippen LogP contribution in [-0.2, 0) is 16.0 Å². The van der Waals surface area contributed by atoms with E-state index in [1.807, 2.05) is 35.2 Å². The molecule has 2 heterocycles. The average molecular weight is 434 g/mol. The van der Waals surface area contributed by atoms with E-state index in [1.54, 1.807) is 36.1 Å². The predicted molar refractivity (Wildman–Crippen MR) is 119 cm³/mol. The molecule has 1 atom stereocenters. The van der Waals surface area contributed by atoms with Crippen LogP contribution in [0.5, 0.6) is 0 Å². The van der Waals surface area contributed by atoms with Crippen LogP contribution >= 0.6 is 0 Å². The van der Waals surface area contributed by atoms with Gasteiger partial charge in [-0.15, -0.1) is 0 Å². The third-order valence-electron chi connectivity index (χ3n) is 6.20. The second-order valence-electron chi connectivity index (χ2n) is 8.25. The van der Waals surface area contributed by atoms with E-state index in [0.29, 0.717) is 56.6 Å². The van der Waals surface area contributed by atoms with Crippen LogP contribution in [0.2, 0.25) is 0 Å². The Balaban J connectivity index is 1.35. The lowest BCUT2D eigenvalue weighted by atomic mass is 10.1. The van der Waals surface area contributed by atoms with Crippen LogP contribution in [0.15, 0.2) is 54.6 Å². The van der Waals surface area contributed by atoms with E-state index in [1.165, 1.54) is 0 Å². The summed E-state index contributed by atoms with van der Waals surface area (Å²) < 4.78 is 0. The van der Waals surface area contributed by atoms with Crippen molar-refractivity contribution >= 4 is 23.6 Å².